The van der Waals surface area contributed by atoms with Crippen LogP contribution in [0.3, 0.4) is 0 Å². The molecule has 4 nitrogen and oxygen atoms in total. The van der Waals surface area contributed by atoms with Crippen LogP contribution in [0.5, 0.6) is 5.75 Å². The molecule has 1 aromatic carbocycles. The van der Waals surface area contributed by atoms with E-state index in [9.17, 15) is 5.11 Å². The Balaban J connectivity index is 2.55. The first kappa shape index (κ1) is 12.6. The fraction of sp³-hybridized carbons (Fsp3) is 0.357. The molecule has 1 N–H and O–H groups in total. The molecular weight excluding hydrogens is 230 g/mol. The molecule has 2 rings (SSSR count). The third-order valence-electron chi connectivity index (χ3n) is 3.09. The molecule has 0 radical (unpaired) electrons. The summed E-state index contributed by atoms with van der Waals surface area (Å²) in [7, 11) is 1.64. The van der Waals surface area contributed by atoms with Crippen molar-refractivity contribution in [1.29, 1.82) is 0 Å². The Morgan fingerprint density at radius 3 is 2.56 bits per heavy atom. The Hall–Kier alpha value is -1.81. The average Bonchev–Trinajstić information content (AvgIpc) is 2.67. The van der Waals surface area contributed by atoms with E-state index < -0.39 is 0 Å². The number of phenolic OH excluding ortho intramolecular Hbond substituents is 1. The van der Waals surface area contributed by atoms with E-state index in [4.69, 9.17) is 9.26 Å². The fourth-order valence-corrected chi connectivity index (χ4v) is 2.04. The van der Waals surface area contributed by atoms with E-state index in [0.717, 1.165) is 28.1 Å². The minimum Gasteiger partial charge on any atom is -0.508 e. The van der Waals surface area contributed by atoms with Gasteiger partial charge in [-0.15, -0.1) is 0 Å². The molecule has 0 bridgehead atoms. The van der Waals surface area contributed by atoms with E-state index in [1.807, 2.05) is 26.8 Å². The van der Waals surface area contributed by atoms with Crippen LogP contribution < -0.4 is 0 Å². The van der Waals surface area contributed by atoms with Crippen LogP contribution in [0.2, 0.25) is 0 Å². The molecule has 1 heterocycles. The number of phenols is 1. The Bertz CT molecular complexity index is 541. The van der Waals surface area contributed by atoms with Gasteiger partial charge in [-0.1, -0.05) is 5.16 Å². The summed E-state index contributed by atoms with van der Waals surface area (Å²) in [5.41, 5.74) is 3.56. The van der Waals surface area contributed by atoms with Crippen LogP contribution in [0.15, 0.2) is 22.7 Å². The number of hydrogen-bond donors (Lipinski definition) is 1. The van der Waals surface area contributed by atoms with Crippen molar-refractivity contribution in [3.8, 4) is 16.9 Å². The summed E-state index contributed by atoms with van der Waals surface area (Å²) in [4.78, 5) is 0. The van der Waals surface area contributed by atoms with Crippen molar-refractivity contribution in [1.82, 2.24) is 5.16 Å². The Labute approximate surface area is 106 Å². The van der Waals surface area contributed by atoms with Crippen LogP contribution in [0.4, 0.5) is 0 Å². The van der Waals surface area contributed by atoms with E-state index >= 15 is 0 Å². The fourth-order valence-electron chi connectivity index (χ4n) is 2.04. The Morgan fingerprint density at radius 1 is 1.28 bits per heavy atom. The van der Waals surface area contributed by atoms with E-state index in [-0.39, 0.29) is 11.9 Å². The molecule has 4 heteroatoms. The molecular formula is C14H17NO3. The van der Waals surface area contributed by atoms with Gasteiger partial charge in [-0.3, -0.25) is 0 Å². The van der Waals surface area contributed by atoms with Crippen LogP contribution in [0.1, 0.15) is 30.0 Å². The largest absolute Gasteiger partial charge is 0.508 e. The highest BCUT2D eigenvalue weighted by Gasteiger charge is 2.14. The molecule has 1 unspecified atom stereocenters. The predicted molar refractivity (Wildman–Crippen MR) is 68.5 cm³/mol. The predicted octanol–water partition coefficient (Wildman–Crippen LogP) is 3.37. The van der Waals surface area contributed by atoms with E-state index in [1.54, 1.807) is 19.2 Å². The van der Waals surface area contributed by atoms with Gasteiger partial charge in [-0.2, -0.15) is 0 Å². The quantitative estimate of drug-likeness (QED) is 0.903. The molecule has 0 fully saturated rings. The maximum Gasteiger partial charge on any atom is 0.141 e. The first-order chi connectivity index (χ1) is 8.52. The van der Waals surface area contributed by atoms with Crippen molar-refractivity contribution in [3.63, 3.8) is 0 Å². The lowest BCUT2D eigenvalue weighted by atomic mass is 9.99. The summed E-state index contributed by atoms with van der Waals surface area (Å²) in [5.74, 6) is 0.959. The number of methoxy groups -OCH3 is 1. The summed E-state index contributed by atoms with van der Waals surface area (Å²) < 4.78 is 10.4. The second-order valence-corrected chi connectivity index (χ2v) is 4.39. The van der Waals surface area contributed by atoms with Gasteiger partial charge in [0.1, 0.15) is 11.5 Å². The molecule has 18 heavy (non-hydrogen) atoms. The number of nitrogens with zero attached hydrogens (tertiary/aromatic N) is 1. The van der Waals surface area contributed by atoms with E-state index in [2.05, 4.69) is 5.16 Å². The van der Waals surface area contributed by atoms with Gasteiger partial charge in [0, 0.05) is 12.7 Å². The van der Waals surface area contributed by atoms with Gasteiger partial charge in [-0.25, -0.2) is 0 Å². The van der Waals surface area contributed by atoms with Gasteiger partial charge in [0.05, 0.1) is 11.8 Å². The molecule has 96 valence electrons. The lowest BCUT2D eigenvalue weighted by Gasteiger charge is -2.12. The lowest BCUT2D eigenvalue weighted by Crippen LogP contribution is -1.96. The van der Waals surface area contributed by atoms with Crippen molar-refractivity contribution >= 4 is 0 Å². The monoisotopic (exact) mass is 247 g/mol. The first-order valence-corrected chi connectivity index (χ1v) is 5.83. The topological polar surface area (TPSA) is 55.5 Å². The summed E-state index contributed by atoms with van der Waals surface area (Å²) in [6.45, 7) is 5.68. The van der Waals surface area contributed by atoms with Gasteiger partial charge in [0.2, 0.25) is 0 Å². The first-order valence-electron chi connectivity index (χ1n) is 5.83. The number of ether oxygens (including phenoxy) is 1. The standard InChI is InChI=1S/C14H17NO3/c1-8-14(10(3)18-15-8)12-5-11(9(2)17-4)6-13(16)7-12/h5-7,9,16H,1-4H3. The highest BCUT2D eigenvalue weighted by molar-refractivity contribution is 5.69. The number of aryl methyl sites for hydroxylation is 2. The highest BCUT2D eigenvalue weighted by atomic mass is 16.5. The average molecular weight is 247 g/mol. The van der Waals surface area contributed by atoms with Crippen LogP contribution >= 0.6 is 0 Å². The van der Waals surface area contributed by atoms with Crippen molar-refractivity contribution in [3.05, 3.63) is 35.2 Å². The zero-order chi connectivity index (χ0) is 13.3. The molecule has 0 aliphatic rings. The van der Waals surface area contributed by atoms with Crippen molar-refractivity contribution < 1.29 is 14.4 Å². The van der Waals surface area contributed by atoms with Gasteiger partial charge in [0.25, 0.3) is 0 Å². The lowest BCUT2D eigenvalue weighted by molar-refractivity contribution is 0.119. The maximum atomic E-state index is 9.81. The number of aromatic hydroxyl groups is 1. The van der Waals surface area contributed by atoms with Crippen LogP contribution in [0.25, 0.3) is 11.1 Å². The third-order valence-corrected chi connectivity index (χ3v) is 3.09. The second-order valence-electron chi connectivity index (χ2n) is 4.39. The van der Waals surface area contributed by atoms with Crippen molar-refractivity contribution in [2.75, 3.05) is 7.11 Å². The van der Waals surface area contributed by atoms with Gasteiger partial charge >= 0.3 is 0 Å². The summed E-state index contributed by atoms with van der Waals surface area (Å²) in [6, 6.07) is 5.40. The molecule has 0 saturated heterocycles. The smallest absolute Gasteiger partial charge is 0.141 e. The molecule has 0 aliphatic carbocycles. The SMILES string of the molecule is COC(C)c1cc(O)cc(-c2c(C)noc2C)c1. The van der Waals surface area contributed by atoms with E-state index in [0.29, 0.717) is 0 Å². The third kappa shape index (κ3) is 2.24. The summed E-state index contributed by atoms with van der Waals surface area (Å²) in [6.07, 6.45) is -0.0728. The minimum absolute atomic E-state index is 0.0728. The summed E-state index contributed by atoms with van der Waals surface area (Å²) in [5, 5.41) is 13.7. The van der Waals surface area contributed by atoms with Crippen LogP contribution in [-0.4, -0.2) is 17.4 Å². The maximum absolute atomic E-state index is 9.81. The van der Waals surface area contributed by atoms with Crippen molar-refractivity contribution in [2.45, 2.75) is 26.9 Å². The number of rotatable bonds is 3. The normalized spacial score (nSPS) is 12.7. The zero-order valence-electron chi connectivity index (χ0n) is 11.0. The van der Waals surface area contributed by atoms with Crippen molar-refractivity contribution in [2.24, 2.45) is 0 Å². The van der Waals surface area contributed by atoms with Gasteiger partial charge in [0.15, 0.2) is 0 Å². The Morgan fingerprint density at radius 2 is 2.00 bits per heavy atom. The highest BCUT2D eigenvalue weighted by Crippen LogP contribution is 2.32. The number of hydrogen-bond acceptors (Lipinski definition) is 4. The second kappa shape index (κ2) is 4.82. The molecule has 0 spiro atoms. The molecule has 2 aromatic rings. The molecule has 1 atom stereocenters. The molecule has 0 amide bonds. The molecule has 0 saturated carbocycles. The van der Waals surface area contributed by atoms with Crippen LogP contribution in [-0.2, 0) is 4.74 Å². The Kier molecular flexibility index (Phi) is 3.39. The molecule has 0 aliphatic heterocycles. The summed E-state index contributed by atoms with van der Waals surface area (Å²) >= 11 is 0. The molecule has 1 aromatic heterocycles. The van der Waals surface area contributed by atoms with Gasteiger partial charge < -0.3 is 14.4 Å². The number of benzene rings is 1. The number of aromatic nitrogens is 1. The van der Waals surface area contributed by atoms with Gasteiger partial charge in [-0.05, 0) is 50.1 Å². The minimum atomic E-state index is -0.0728. The van der Waals surface area contributed by atoms with E-state index in [1.165, 1.54) is 0 Å². The zero-order valence-corrected chi connectivity index (χ0v) is 11.0. The van der Waals surface area contributed by atoms with Crippen LogP contribution in [0, 0.1) is 13.8 Å².